The number of esters is 2. The minimum absolute atomic E-state index is 0.0496. The average Bonchev–Trinajstić information content (AvgIpc) is 2.48. The van der Waals surface area contributed by atoms with Crippen molar-refractivity contribution in [3.8, 4) is 0 Å². The second-order valence-corrected chi connectivity index (χ2v) is 5.16. The van der Waals surface area contributed by atoms with Gasteiger partial charge >= 0.3 is 11.9 Å². The van der Waals surface area contributed by atoms with Crippen molar-refractivity contribution in [1.29, 1.82) is 0 Å². The van der Waals surface area contributed by atoms with Gasteiger partial charge in [-0.15, -0.1) is 0 Å². The topological polar surface area (TPSA) is 52.6 Å². The molecule has 0 radical (unpaired) electrons. The number of carbonyl (C=O) groups excluding carboxylic acids is 2. The van der Waals surface area contributed by atoms with Crippen molar-refractivity contribution < 1.29 is 19.1 Å². The van der Waals surface area contributed by atoms with Crippen LogP contribution in [-0.2, 0) is 19.1 Å². The van der Waals surface area contributed by atoms with E-state index in [1.54, 1.807) is 19.9 Å². The second-order valence-electron chi connectivity index (χ2n) is 5.16. The minimum Gasteiger partial charge on any atom is -0.463 e. The maximum atomic E-state index is 12.0. The molecule has 1 aliphatic carbocycles. The van der Waals surface area contributed by atoms with Crippen LogP contribution < -0.4 is 0 Å². The van der Waals surface area contributed by atoms with Crippen LogP contribution in [0, 0.1) is 5.41 Å². The van der Waals surface area contributed by atoms with Crippen molar-refractivity contribution in [3.63, 3.8) is 0 Å². The van der Waals surface area contributed by atoms with Crippen LogP contribution in [0.5, 0.6) is 0 Å². The molecule has 0 aromatic heterocycles. The first-order valence-electron chi connectivity index (χ1n) is 6.68. The summed E-state index contributed by atoms with van der Waals surface area (Å²) in [5.41, 5.74) is 0.694. The fraction of sp³-hybridized carbons (Fsp3) is 0.600. The number of hydrogen-bond donors (Lipinski definition) is 0. The smallest absolute Gasteiger partial charge is 0.338 e. The standard InChI is InChI=1S/C15H22O4/c1-5-18-13(16)11-7-9-15(3,4)10-8-12(11)14(17)19-6-2/h7,9H,5-6,8,10H2,1-4H3. The highest BCUT2D eigenvalue weighted by Gasteiger charge is 2.27. The Morgan fingerprint density at radius 3 is 2.32 bits per heavy atom. The minimum atomic E-state index is -0.459. The Kier molecular flexibility index (Phi) is 5.33. The molecule has 0 saturated heterocycles. The molecule has 0 bridgehead atoms. The maximum Gasteiger partial charge on any atom is 0.338 e. The highest BCUT2D eigenvalue weighted by atomic mass is 16.5. The normalized spacial score (nSPS) is 17.9. The third-order valence-electron chi connectivity index (χ3n) is 3.06. The van der Waals surface area contributed by atoms with Crippen LogP contribution in [-0.4, -0.2) is 25.2 Å². The third kappa shape index (κ3) is 4.23. The fourth-order valence-electron chi connectivity index (χ4n) is 1.91. The molecule has 0 N–H and O–H groups in total. The van der Waals surface area contributed by atoms with Gasteiger partial charge in [0, 0.05) is 0 Å². The van der Waals surface area contributed by atoms with E-state index >= 15 is 0 Å². The van der Waals surface area contributed by atoms with E-state index in [2.05, 4.69) is 13.8 Å². The van der Waals surface area contributed by atoms with Gasteiger partial charge in [-0.1, -0.05) is 26.0 Å². The lowest BCUT2D eigenvalue weighted by atomic mass is 9.87. The molecule has 4 heteroatoms. The van der Waals surface area contributed by atoms with Crippen LogP contribution in [0.2, 0.25) is 0 Å². The van der Waals surface area contributed by atoms with Crippen molar-refractivity contribution in [2.45, 2.75) is 40.5 Å². The number of allylic oxidation sites excluding steroid dienone is 1. The lowest BCUT2D eigenvalue weighted by molar-refractivity contribution is -0.141. The Bertz CT molecular complexity index is 416. The quantitative estimate of drug-likeness (QED) is 0.734. The van der Waals surface area contributed by atoms with Crippen LogP contribution in [0.3, 0.4) is 0 Å². The molecule has 0 spiro atoms. The van der Waals surface area contributed by atoms with E-state index in [0.29, 0.717) is 24.2 Å². The molecule has 0 unspecified atom stereocenters. The zero-order chi connectivity index (χ0) is 14.5. The van der Waals surface area contributed by atoms with E-state index in [1.807, 2.05) is 6.08 Å². The number of carbonyl (C=O) groups is 2. The van der Waals surface area contributed by atoms with Gasteiger partial charge in [0.15, 0.2) is 0 Å². The van der Waals surface area contributed by atoms with E-state index in [-0.39, 0.29) is 12.0 Å². The first-order valence-corrected chi connectivity index (χ1v) is 6.68. The van der Waals surface area contributed by atoms with E-state index in [0.717, 1.165) is 6.42 Å². The molecular weight excluding hydrogens is 244 g/mol. The summed E-state index contributed by atoms with van der Waals surface area (Å²) in [6.07, 6.45) is 4.95. The van der Waals surface area contributed by atoms with E-state index in [9.17, 15) is 9.59 Å². The molecule has 1 rings (SSSR count). The van der Waals surface area contributed by atoms with E-state index in [4.69, 9.17) is 9.47 Å². The summed E-state index contributed by atoms with van der Waals surface area (Å²) in [5, 5.41) is 0. The zero-order valence-corrected chi connectivity index (χ0v) is 12.1. The molecule has 0 aromatic carbocycles. The lowest BCUT2D eigenvalue weighted by Gasteiger charge is -2.18. The van der Waals surface area contributed by atoms with Crippen molar-refractivity contribution in [1.82, 2.24) is 0 Å². The molecule has 0 amide bonds. The average molecular weight is 266 g/mol. The maximum absolute atomic E-state index is 12.0. The second kappa shape index (κ2) is 6.55. The van der Waals surface area contributed by atoms with Gasteiger partial charge in [0.2, 0.25) is 0 Å². The molecule has 19 heavy (non-hydrogen) atoms. The number of rotatable bonds is 4. The monoisotopic (exact) mass is 266 g/mol. The Morgan fingerprint density at radius 2 is 1.74 bits per heavy atom. The highest BCUT2D eigenvalue weighted by molar-refractivity contribution is 6.02. The van der Waals surface area contributed by atoms with Crippen molar-refractivity contribution in [3.05, 3.63) is 23.3 Å². The summed E-state index contributed by atoms with van der Waals surface area (Å²) in [6, 6.07) is 0. The molecule has 0 atom stereocenters. The van der Waals surface area contributed by atoms with Crippen LogP contribution >= 0.6 is 0 Å². The molecule has 0 aromatic rings. The summed E-state index contributed by atoms with van der Waals surface area (Å²) in [7, 11) is 0. The summed E-state index contributed by atoms with van der Waals surface area (Å²) >= 11 is 0. The van der Waals surface area contributed by atoms with Gasteiger partial charge in [0.05, 0.1) is 24.4 Å². The molecule has 1 aliphatic rings. The molecule has 4 nitrogen and oxygen atoms in total. The highest BCUT2D eigenvalue weighted by Crippen LogP contribution is 2.32. The van der Waals surface area contributed by atoms with Crippen LogP contribution in [0.25, 0.3) is 0 Å². The van der Waals surface area contributed by atoms with Gasteiger partial charge < -0.3 is 9.47 Å². The van der Waals surface area contributed by atoms with E-state index < -0.39 is 11.9 Å². The van der Waals surface area contributed by atoms with Crippen LogP contribution in [0.15, 0.2) is 23.3 Å². The van der Waals surface area contributed by atoms with E-state index in [1.165, 1.54) is 0 Å². The van der Waals surface area contributed by atoms with Crippen molar-refractivity contribution in [2.75, 3.05) is 13.2 Å². The molecule has 0 saturated carbocycles. The van der Waals surface area contributed by atoms with Gasteiger partial charge in [-0.3, -0.25) is 0 Å². The Balaban J connectivity index is 3.11. The van der Waals surface area contributed by atoms with Crippen LogP contribution in [0.4, 0.5) is 0 Å². The Morgan fingerprint density at radius 1 is 1.16 bits per heavy atom. The Labute approximate surface area is 114 Å². The van der Waals surface area contributed by atoms with Crippen molar-refractivity contribution in [2.24, 2.45) is 5.41 Å². The van der Waals surface area contributed by atoms with Gasteiger partial charge in [-0.2, -0.15) is 0 Å². The summed E-state index contributed by atoms with van der Waals surface area (Å²) < 4.78 is 10.0. The van der Waals surface area contributed by atoms with Crippen LogP contribution in [0.1, 0.15) is 40.5 Å². The molecule has 0 fully saturated rings. The van der Waals surface area contributed by atoms with Gasteiger partial charge in [-0.05, 0) is 32.1 Å². The van der Waals surface area contributed by atoms with Crippen molar-refractivity contribution >= 4 is 11.9 Å². The molecule has 106 valence electrons. The van der Waals surface area contributed by atoms with Gasteiger partial charge in [-0.25, -0.2) is 9.59 Å². The molecule has 0 aliphatic heterocycles. The third-order valence-corrected chi connectivity index (χ3v) is 3.06. The summed E-state index contributed by atoms with van der Waals surface area (Å²) in [4.78, 5) is 23.9. The largest absolute Gasteiger partial charge is 0.463 e. The SMILES string of the molecule is CCOC(=O)C1=C(C(=O)OCC)CCC(C)(C)C=C1. The molecular formula is C15H22O4. The first-order chi connectivity index (χ1) is 8.91. The predicted molar refractivity (Wildman–Crippen MR) is 72.4 cm³/mol. The summed E-state index contributed by atoms with van der Waals surface area (Å²) in [5.74, 6) is -0.882. The lowest BCUT2D eigenvalue weighted by Crippen LogP contribution is -2.15. The number of hydrogen-bond acceptors (Lipinski definition) is 4. The zero-order valence-electron chi connectivity index (χ0n) is 12.1. The first kappa shape index (κ1) is 15.5. The van der Waals surface area contributed by atoms with Gasteiger partial charge in [0.1, 0.15) is 0 Å². The Hall–Kier alpha value is -1.58. The fourth-order valence-corrected chi connectivity index (χ4v) is 1.91. The molecule has 0 heterocycles. The number of ether oxygens (including phenoxy) is 2. The van der Waals surface area contributed by atoms with Gasteiger partial charge in [0.25, 0.3) is 0 Å². The summed E-state index contributed by atoms with van der Waals surface area (Å²) in [6.45, 7) is 8.22. The predicted octanol–water partition coefficient (Wildman–Crippen LogP) is 2.79.